The summed E-state index contributed by atoms with van der Waals surface area (Å²) in [6.07, 6.45) is 48.9. The molecule has 0 radical (unpaired) electrons. The van der Waals surface area contributed by atoms with E-state index in [9.17, 15) is 20.1 Å². The highest BCUT2D eigenvalue weighted by Crippen LogP contribution is 2.15. The molecule has 0 aromatic rings. The van der Waals surface area contributed by atoms with Gasteiger partial charge in [0.15, 0.2) is 0 Å². The van der Waals surface area contributed by atoms with Crippen LogP contribution in [0.25, 0.3) is 0 Å². The quantitative estimate of drug-likeness (QED) is 0.0384. The first-order valence-electron chi connectivity index (χ1n) is 21.3. The average Bonchev–Trinajstić information content (AvgIpc) is 3.11. The summed E-state index contributed by atoms with van der Waals surface area (Å²) in [5.74, 6) is -0.519. The fraction of sp³-hybridized carbons (Fsp3) is 0.841. The van der Waals surface area contributed by atoms with Gasteiger partial charge < -0.3 is 20.6 Å². The van der Waals surface area contributed by atoms with Crippen molar-refractivity contribution in [3.63, 3.8) is 0 Å². The van der Waals surface area contributed by atoms with Gasteiger partial charge in [0.2, 0.25) is 5.91 Å². The summed E-state index contributed by atoms with van der Waals surface area (Å²) in [7, 11) is 0. The van der Waals surface area contributed by atoms with Crippen LogP contribution in [0.3, 0.4) is 0 Å². The number of nitrogens with one attached hydrogen (secondary N) is 1. The van der Waals surface area contributed by atoms with Gasteiger partial charge >= 0.3 is 0 Å². The Hall–Kier alpha value is -1.43. The van der Waals surface area contributed by atoms with Crippen LogP contribution in [0.15, 0.2) is 36.5 Å². The summed E-state index contributed by atoms with van der Waals surface area (Å²) in [4.78, 5) is 12.4. The zero-order valence-electron chi connectivity index (χ0n) is 32.6. The van der Waals surface area contributed by atoms with E-state index in [1.165, 1.54) is 148 Å². The Morgan fingerprint density at radius 3 is 1.27 bits per heavy atom. The molecule has 0 saturated carbocycles. The second kappa shape index (κ2) is 39.4. The van der Waals surface area contributed by atoms with Crippen molar-refractivity contribution in [2.45, 2.75) is 231 Å². The Balaban J connectivity index is 3.73. The molecule has 4 N–H and O–H groups in total. The molecule has 5 nitrogen and oxygen atoms in total. The molecule has 0 aliphatic rings. The van der Waals surface area contributed by atoms with Crippen molar-refractivity contribution in [3.05, 3.63) is 36.5 Å². The topological polar surface area (TPSA) is 89.8 Å². The maximum atomic E-state index is 12.4. The van der Waals surface area contributed by atoms with Gasteiger partial charge in [0, 0.05) is 0 Å². The third kappa shape index (κ3) is 34.8. The molecule has 3 unspecified atom stereocenters. The lowest BCUT2D eigenvalue weighted by Gasteiger charge is -2.21. The van der Waals surface area contributed by atoms with Crippen molar-refractivity contribution in [2.75, 3.05) is 6.61 Å². The second-order valence-corrected chi connectivity index (χ2v) is 14.5. The molecule has 288 valence electrons. The molecule has 1 amide bonds. The molecule has 0 aromatic carbocycles. The molecule has 0 bridgehead atoms. The summed E-state index contributed by atoms with van der Waals surface area (Å²) >= 11 is 0. The number of carbonyl (C=O) groups excluding carboxylic acids is 1. The minimum absolute atomic E-state index is 0.378. The first-order chi connectivity index (χ1) is 24.1. The molecule has 0 fully saturated rings. The second-order valence-electron chi connectivity index (χ2n) is 14.5. The minimum Gasteiger partial charge on any atom is -0.394 e. The van der Waals surface area contributed by atoms with Crippen LogP contribution in [0.2, 0.25) is 0 Å². The van der Waals surface area contributed by atoms with E-state index in [2.05, 4.69) is 43.5 Å². The van der Waals surface area contributed by atoms with Crippen LogP contribution < -0.4 is 5.32 Å². The van der Waals surface area contributed by atoms with Gasteiger partial charge in [-0.1, -0.05) is 192 Å². The van der Waals surface area contributed by atoms with Gasteiger partial charge in [-0.2, -0.15) is 0 Å². The predicted molar refractivity (Wildman–Crippen MR) is 213 cm³/mol. The molecule has 0 aliphatic heterocycles. The Labute approximate surface area is 304 Å². The normalized spacial score (nSPS) is 14.0. The van der Waals surface area contributed by atoms with E-state index in [4.69, 9.17) is 0 Å². The Bertz CT molecular complexity index is 764. The van der Waals surface area contributed by atoms with Gasteiger partial charge in [0.05, 0.1) is 18.8 Å². The number of unbranched alkanes of at least 4 members (excludes halogenated alkanes) is 26. The smallest absolute Gasteiger partial charge is 0.249 e. The van der Waals surface area contributed by atoms with Gasteiger partial charge in [0.1, 0.15) is 6.10 Å². The zero-order valence-corrected chi connectivity index (χ0v) is 32.6. The third-order valence-corrected chi connectivity index (χ3v) is 9.70. The molecule has 49 heavy (non-hydrogen) atoms. The van der Waals surface area contributed by atoms with Gasteiger partial charge in [0.25, 0.3) is 0 Å². The standard InChI is InChI=1S/C44H83NO4/c1-3-5-7-9-11-13-15-17-19-20-21-22-23-24-25-27-28-30-32-34-36-38-42(47)41(40-46)45-44(49)43(48)39-37-35-33-31-29-26-18-16-14-12-10-8-6-4-2/h14,16,28,30,36,38,41-43,46-48H,3-13,15,17-27,29,31-35,37,39-40H2,1-2H3,(H,45,49)/b16-14-,30-28+,38-36+. The molecule has 3 atom stereocenters. The summed E-state index contributed by atoms with van der Waals surface area (Å²) in [6.45, 7) is 4.15. The number of allylic oxidation sites excluding steroid dienone is 5. The van der Waals surface area contributed by atoms with E-state index in [0.29, 0.717) is 6.42 Å². The van der Waals surface area contributed by atoms with E-state index in [1.807, 2.05) is 6.08 Å². The van der Waals surface area contributed by atoms with Crippen LogP contribution in [0.1, 0.15) is 213 Å². The molecule has 0 aliphatic carbocycles. The van der Waals surface area contributed by atoms with Crippen LogP contribution in [0.5, 0.6) is 0 Å². The highest BCUT2D eigenvalue weighted by atomic mass is 16.3. The molecule has 0 rings (SSSR count). The average molecular weight is 690 g/mol. The lowest BCUT2D eigenvalue weighted by atomic mass is 10.0. The maximum absolute atomic E-state index is 12.4. The van der Waals surface area contributed by atoms with Gasteiger partial charge in [-0.15, -0.1) is 0 Å². The predicted octanol–water partition coefficient (Wildman–Crippen LogP) is 12.0. The number of hydrogen-bond acceptors (Lipinski definition) is 4. The fourth-order valence-corrected chi connectivity index (χ4v) is 6.31. The summed E-state index contributed by atoms with van der Waals surface area (Å²) in [5, 5.41) is 33.0. The zero-order chi connectivity index (χ0) is 35.9. The summed E-state index contributed by atoms with van der Waals surface area (Å²) in [6, 6.07) is -0.815. The highest BCUT2D eigenvalue weighted by molar-refractivity contribution is 5.80. The first-order valence-corrected chi connectivity index (χ1v) is 21.3. The lowest BCUT2D eigenvalue weighted by Crippen LogP contribution is -2.48. The Morgan fingerprint density at radius 1 is 0.490 bits per heavy atom. The van der Waals surface area contributed by atoms with Crippen LogP contribution in [-0.2, 0) is 4.79 Å². The molecule has 0 spiro atoms. The van der Waals surface area contributed by atoms with Gasteiger partial charge in [-0.25, -0.2) is 0 Å². The van der Waals surface area contributed by atoms with Crippen molar-refractivity contribution in [2.24, 2.45) is 0 Å². The van der Waals surface area contributed by atoms with Crippen molar-refractivity contribution in [1.82, 2.24) is 5.32 Å². The minimum atomic E-state index is -1.11. The lowest BCUT2D eigenvalue weighted by molar-refractivity contribution is -0.131. The maximum Gasteiger partial charge on any atom is 0.249 e. The molecule has 5 heteroatoms. The van der Waals surface area contributed by atoms with Crippen molar-refractivity contribution < 1.29 is 20.1 Å². The summed E-state index contributed by atoms with van der Waals surface area (Å²) in [5.41, 5.74) is 0. The third-order valence-electron chi connectivity index (χ3n) is 9.70. The number of rotatable bonds is 38. The number of aliphatic hydroxyl groups excluding tert-OH is 3. The molecule has 0 saturated heterocycles. The van der Waals surface area contributed by atoms with Crippen LogP contribution in [-0.4, -0.2) is 46.1 Å². The van der Waals surface area contributed by atoms with Crippen molar-refractivity contribution in [3.8, 4) is 0 Å². The van der Waals surface area contributed by atoms with E-state index >= 15 is 0 Å². The van der Waals surface area contributed by atoms with Crippen LogP contribution in [0.4, 0.5) is 0 Å². The van der Waals surface area contributed by atoms with E-state index in [-0.39, 0.29) is 6.61 Å². The van der Waals surface area contributed by atoms with Crippen molar-refractivity contribution in [1.29, 1.82) is 0 Å². The largest absolute Gasteiger partial charge is 0.394 e. The monoisotopic (exact) mass is 690 g/mol. The van der Waals surface area contributed by atoms with Crippen molar-refractivity contribution >= 4 is 5.91 Å². The van der Waals surface area contributed by atoms with Crippen LogP contribution in [0, 0.1) is 0 Å². The SMILES string of the molecule is CCCCCC/C=C\CCCCCCCCC(O)C(=O)NC(CO)C(O)/C=C/CC/C=C/CCCCCCCCCCCCCCCCC. The number of carbonyl (C=O) groups is 1. The first kappa shape index (κ1) is 47.6. The molecule has 0 aromatic heterocycles. The Kier molecular flexibility index (Phi) is 38.2. The highest BCUT2D eigenvalue weighted by Gasteiger charge is 2.22. The molecular weight excluding hydrogens is 606 g/mol. The van der Waals surface area contributed by atoms with Gasteiger partial charge in [-0.05, 0) is 57.8 Å². The molecular formula is C44H83NO4. The number of amides is 1. The number of hydrogen-bond donors (Lipinski definition) is 4. The van der Waals surface area contributed by atoms with E-state index < -0.39 is 24.2 Å². The van der Waals surface area contributed by atoms with Crippen LogP contribution >= 0.6 is 0 Å². The summed E-state index contributed by atoms with van der Waals surface area (Å²) < 4.78 is 0. The molecule has 0 heterocycles. The number of aliphatic hydroxyl groups is 3. The Morgan fingerprint density at radius 2 is 0.837 bits per heavy atom. The fourth-order valence-electron chi connectivity index (χ4n) is 6.31. The van der Waals surface area contributed by atoms with E-state index in [1.54, 1.807) is 6.08 Å². The van der Waals surface area contributed by atoms with E-state index in [0.717, 1.165) is 44.9 Å². The van der Waals surface area contributed by atoms with Gasteiger partial charge in [-0.3, -0.25) is 4.79 Å².